The Bertz CT molecular complexity index is 145. The van der Waals surface area contributed by atoms with E-state index in [1.54, 1.807) is 0 Å². The third-order valence-corrected chi connectivity index (χ3v) is 1.56. The van der Waals surface area contributed by atoms with Crippen LogP contribution in [0.3, 0.4) is 0 Å². The minimum atomic E-state index is -0.789. The van der Waals surface area contributed by atoms with Gasteiger partial charge in [-0.15, -0.1) is 12.4 Å². The fourth-order valence-corrected chi connectivity index (χ4v) is 0.785. The topological polar surface area (TPSA) is 70.0 Å². The molecule has 0 saturated carbocycles. The largest absolute Gasteiger partial charge is 0.481 e. The lowest BCUT2D eigenvalue weighted by atomic mass is 10.4. The van der Waals surface area contributed by atoms with Gasteiger partial charge in [0, 0.05) is 13.1 Å². The number of halogens is 1. The molecule has 14 heavy (non-hydrogen) atoms. The molecule has 5 nitrogen and oxygen atoms in total. The number of carboxylic acid groups (broad SMARTS) is 1. The fourth-order valence-electron chi connectivity index (χ4n) is 0.785. The molecule has 0 heterocycles. The summed E-state index contributed by atoms with van der Waals surface area (Å²) >= 11 is 0. The number of aliphatic hydroxyl groups is 1. The van der Waals surface area contributed by atoms with Crippen molar-refractivity contribution in [3.63, 3.8) is 0 Å². The van der Waals surface area contributed by atoms with Gasteiger partial charge >= 0.3 is 5.97 Å². The van der Waals surface area contributed by atoms with Gasteiger partial charge in [0.15, 0.2) is 0 Å². The number of ether oxygens (including phenoxy) is 1. The molecule has 0 aromatic carbocycles. The molecule has 0 unspecified atom stereocenters. The first-order valence-corrected chi connectivity index (χ1v) is 4.25. The SMILES string of the molecule is CN(CCOCCO)CCC(=O)O.Cl. The first-order valence-electron chi connectivity index (χ1n) is 4.25. The van der Waals surface area contributed by atoms with Crippen LogP contribution in [0.4, 0.5) is 0 Å². The minimum Gasteiger partial charge on any atom is -0.481 e. The summed E-state index contributed by atoms with van der Waals surface area (Å²) in [5.74, 6) is -0.789. The maximum absolute atomic E-state index is 10.2. The van der Waals surface area contributed by atoms with Crippen LogP contribution >= 0.6 is 12.4 Å². The first kappa shape index (κ1) is 16.1. The van der Waals surface area contributed by atoms with Gasteiger partial charge in [-0.05, 0) is 7.05 Å². The summed E-state index contributed by atoms with van der Waals surface area (Å²) in [6.07, 6.45) is 0.149. The van der Waals surface area contributed by atoms with Gasteiger partial charge in [-0.2, -0.15) is 0 Å². The lowest BCUT2D eigenvalue weighted by Crippen LogP contribution is -2.26. The standard InChI is InChI=1S/C8H17NO4.ClH/c1-9(3-2-8(11)12)4-6-13-7-5-10;/h10H,2-7H2,1H3,(H,11,12);1H. The van der Waals surface area contributed by atoms with Gasteiger partial charge in [0.25, 0.3) is 0 Å². The molecular weight excluding hydrogens is 210 g/mol. The van der Waals surface area contributed by atoms with Crippen LogP contribution < -0.4 is 0 Å². The van der Waals surface area contributed by atoms with Gasteiger partial charge in [-0.3, -0.25) is 4.79 Å². The molecule has 0 fully saturated rings. The minimum absolute atomic E-state index is 0. The normalized spacial score (nSPS) is 9.93. The van der Waals surface area contributed by atoms with E-state index in [0.717, 1.165) is 0 Å². The molecule has 0 bridgehead atoms. The highest BCUT2D eigenvalue weighted by molar-refractivity contribution is 5.85. The highest BCUT2D eigenvalue weighted by atomic mass is 35.5. The van der Waals surface area contributed by atoms with Crippen molar-refractivity contribution in [3.05, 3.63) is 0 Å². The third-order valence-electron chi connectivity index (χ3n) is 1.56. The molecular formula is C8H18ClNO4. The number of likely N-dealkylation sites (N-methyl/N-ethyl adjacent to an activating group) is 1. The Morgan fingerprint density at radius 3 is 2.50 bits per heavy atom. The highest BCUT2D eigenvalue weighted by Crippen LogP contribution is 1.87. The molecule has 0 saturated heterocycles. The first-order chi connectivity index (χ1) is 6.16. The number of aliphatic carboxylic acids is 1. The zero-order valence-corrected chi connectivity index (χ0v) is 9.13. The van der Waals surface area contributed by atoms with Crippen molar-refractivity contribution in [1.29, 1.82) is 0 Å². The maximum atomic E-state index is 10.2. The van der Waals surface area contributed by atoms with Gasteiger partial charge in [0.1, 0.15) is 0 Å². The number of hydrogen-bond donors (Lipinski definition) is 2. The van der Waals surface area contributed by atoms with Gasteiger partial charge < -0.3 is 19.8 Å². The predicted molar refractivity (Wildman–Crippen MR) is 54.9 cm³/mol. The van der Waals surface area contributed by atoms with Crippen LogP contribution in [0.25, 0.3) is 0 Å². The molecule has 0 spiro atoms. The number of carbonyl (C=O) groups is 1. The fraction of sp³-hybridized carbons (Fsp3) is 0.875. The van der Waals surface area contributed by atoms with Gasteiger partial charge in [-0.1, -0.05) is 0 Å². The zero-order chi connectivity index (χ0) is 10.1. The Morgan fingerprint density at radius 1 is 1.36 bits per heavy atom. The van der Waals surface area contributed by atoms with E-state index in [1.807, 2.05) is 11.9 Å². The van der Waals surface area contributed by atoms with Crippen LogP contribution in [0.1, 0.15) is 6.42 Å². The van der Waals surface area contributed by atoms with E-state index in [-0.39, 0.29) is 25.4 Å². The lowest BCUT2D eigenvalue weighted by molar-refractivity contribution is -0.137. The summed E-state index contributed by atoms with van der Waals surface area (Å²) < 4.78 is 5.02. The second-order valence-electron chi connectivity index (χ2n) is 2.78. The van der Waals surface area contributed by atoms with Crippen LogP contribution in [-0.4, -0.2) is 61.0 Å². The molecule has 6 heteroatoms. The van der Waals surface area contributed by atoms with Crippen molar-refractivity contribution in [3.8, 4) is 0 Å². The number of nitrogens with zero attached hydrogens (tertiary/aromatic N) is 1. The summed E-state index contributed by atoms with van der Waals surface area (Å²) in [5, 5.41) is 16.8. The number of aliphatic hydroxyl groups excluding tert-OH is 1. The molecule has 0 atom stereocenters. The smallest absolute Gasteiger partial charge is 0.304 e. The molecule has 0 aliphatic rings. The summed E-state index contributed by atoms with van der Waals surface area (Å²) in [4.78, 5) is 12.1. The number of hydrogen-bond acceptors (Lipinski definition) is 4. The zero-order valence-electron chi connectivity index (χ0n) is 8.31. The van der Waals surface area contributed by atoms with E-state index >= 15 is 0 Å². The second-order valence-corrected chi connectivity index (χ2v) is 2.78. The summed E-state index contributed by atoms with van der Waals surface area (Å²) in [6, 6.07) is 0. The van der Waals surface area contributed by atoms with Gasteiger partial charge in [0.2, 0.25) is 0 Å². The van der Waals surface area contributed by atoms with E-state index in [2.05, 4.69) is 0 Å². The van der Waals surface area contributed by atoms with E-state index in [4.69, 9.17) is 14.9 Å². The van der Waals surface area contributed by atoms with Gasteiger partial charge in [0.05, 0.1) is 26.2 Å². The molecule has 0 amide bonds. The highest BCUT2D eigenvalue weighted by Gasteiger charge is 2.01. The quantitative estimate of drug-likeness (QED) is 0.564. The molecule has 86 valence electrons. The molecule has 0 rings (SSSR count). The Morgan fingerprint density at radius 2 is 2.00 bits per heavy atom. The lowest BCUT2D eigenvalue weighted by Gasteiger charge is -2.14. The Hall–Kier alpha value is -0.360. The van der Waals surface area contributed by atoms with Crippen molar-refractivity contribution in [2.24, 2.45) is 0 Å². The summed E-state index contributed by atoms with van der Waals surface area (Å²) in [5.41, 5.74) is 0. The molecule has 2 N–H and O–H groups in total. The molecule has 0 aromatic heterocycles. The Kier molecular flexibility index (Phi) is 12.3. The van der Waals surface area contributed by atoms with Crippen molar-refractivity contribution in [1.82, 2.24) is 4.90 Å². The second kappa shape index (κ2) is 10.7. The van der Waals surface area contributed by atoms with E-state index in [9.17, 15) is 4.79 Å². The average Bonchev–Trinajstić information content (AvgIpc) is 2.09. The van der Waals surface area contributed by atoms with Crippen LogP contribution in [0, 0.1) is 0 Å². The molecule has 0 aliphatic heterocycles. The van der Waals surface area contributed by atoms with E-state index < -0.39 is 5.97 Å². The van der Waals surface area contributed by atoms with Crippen molar-refractivity contribution < 1.29 is 19.7 Å². The molecule has 0 aromatic rings. The molecule has 0 radical (unpaired) electrons. The Balaban J connectivity index is 0. The van der Waals surface area contributed by atoms with Crippen molar-refractivity contribution in [2.75, 3.05) is 40.0 Å². The molecule has 0 aliphatic carbocycles. The predicted octanol–water partition coefficient (Wildman–Crippen LogP) is -0.176. The van der Waals surface area contributed by atoms with Crippen LogP contribution in [0.15, 0.2) is 0 Å². The summed E-state index contributed by atoms with van der Waals surface area (Å²) in [7, 11) is 1.84. The van der Waals surface area contributed by atoms with E-state index in [1.165, 1.54) is 0 Å². The maximum Gasteiger partial charge on any atom is 0.304 e. The van der Waals surface area contributed by atoms with E-state index in [0.29, 0.717) is 26.3 Å². The average molecular weight is 228 g/mol. The van der Waals surface area contributed by atoms with Crippen LogP contribution in [-0.2, 0) is 9.53 Å². The van der Waals surface area contributed by atoms with Gasteiger partial charge in [-0.25, -0.2) is 0 Å². The number of carboxylic acids is 1. The Labute approximate surface area is 90.1 Å². The van der Waals surface area contributed by atoms with Crippen LogP contribution in [0.2, 0.25) is 0 Å². The third kappa shape index (κ3) is 11.6. The van der Waals surface area contributed by atoms with Crippen molar-refractivity contribution in [2.45, 2.75) is 6.42 Å². The summed E-state index contributed by atoms with van der Waals surface area (Å²) in [6.45, 7) is 2.10. The number of rotatable bonds is 8. The van der Waals surface area contributed by atoms with Crippen LogP contribution in [0.5, 0.6) is 0 Å². The van der Waals surface area contributed by atoms with Crippen molar-refractivity contribution >= 4 is 18.4 Å². The monoisotopic (exact) mass is 227 g/mol.